The van der Waals surface area contributed by atoms with Crippen LogP contribution in [0, 0.1) is 0 Å². The molecule has 0 spiro atoms. The Balaban J connectivity index is 0.000000339. The maximum Gasteiger partial charge on any atom is 0.490 e. The van der Waals surface area contributed by atoms with E-state index in [4.69, 9.17) is 9.90 Å². The third-order valence-electron chi connectivity index (χ3n) is 5.23. The van der Waals surface area contributed by atoms with Crippen molar-refractivity contribution in [1.29, 1.82) is 0 Å². The van der Waals surface area contributed by atoms with Gasteiger partial charge in [0.05, 0.1) is 0 Å². The van der Waals surface area contributed by atoms with E-state index in [0.29, 0.717) is 18.5 Å². The number of piperazine rings is 1. The van der Waals surface area contributed by atoms with Gasteiger partial charge in [-0.25, -0.2) is 4.79 Å². The summed E-state index contributed by atoms with van der Waals surface area (Å²) in [4.78, 5) is 48.8. The van der Waals surface area contributed by atoms with Crippen LogP contribution in [-0.4, -0.2) is 72.1 Å². The molecule has 12 heteroatoms. The van der Waals surface area contributed by atoms with Crippen LogP contribution in [0.15, 0.2) is 18.2 Å². The van der Waals surface area contributed by atoms with Crippen molar-refractivity contribution in [3.63, 3.8) is 0 Å². The zero-order valence-electron chi connectivity index (χ0n) is 16.4. The predicted molar refractivity (Wildman–Crippen MR) is 101 cm³/mol. The molecule has 1 atom stereocenters. The van der Waals surface area contributed by atoms with Gasteiger partial charge in [-0.1, -0.05) is 0 Å². The molecule has 4 rings (SSSR count). The standard InChI is InChI=1S/C17H20N4O3.C2HF3O2/c22-15-4-3-14(16(23)19-15)21-10-11-9-12(1-2-13(11)17(21)24)20-7-5-18-6-8-20;3-2(4,5)1(6)7/h1-2,9,14,18H,3-8,10H2,(H,19,22,23);(H,6,7). The maximum absolute atomic E-state index is 12.6. The molecule has 1 aromatic carbocycles. The number of fused-ring (bicyclic) bond motifs is 1. The number of alkyl halides is 3. The van der Waals surface area contributed by atoms with E-state index in [9.17, 15) is 27.6 Å². The molecule has 3 heterocycles. The Bertz CT molecular complexity index is 899. The fourth-order valence-corrected chi connectivity index (χ4v) is 3.68. The summed E-state index contributed by atoms with van der Waals surface area (Å²) >= 11 is 0. The molecule has 31 heavy (non-hydrogen) atoms. The van der Waals surface area contributed by atoms with Crippen molar-refractivity contribution in [2.24, 2.45) is 0 Å². The number of carbonyl (C=O) groups excluding carboxylic acids is 3. The number of hydrogen-bond donors (Lipinski definition) is 3. The third-order valence-corrected chi connectivity index (χ3v) is 5.23. The number of amides is 3. The second-order valence-corrected chi connectivity index (χ2v) is 7.28. The molecule has 2 fully saturated rings. The van der Waals surface area contributed by atoms with E-state index in [-0.39, 0.29) is 24.1 Å². The maximum atomic E-state index is 12.6. The van der Waals surface area contributed by atoms with Crippen LogP contribution in [0.4, 0.5) is 18.9 Å². The zero-order chi connectivity index (χ0) is 22.8. The van der Waals surface area contributed by atoms with Crippen molar-refractivity contribution in [1.82, 2.24) is 15.5 Å². The monoisotopic (exact) mass is 442 g/mol. The van der Waals surface area contributed by atoms with E-state index in [1.54, 1.807) is 4.90 Å². The smallest absolute Gasteiger partial charge is 0.475 e. The number of rotatable bonds is 2. The van der Waals surface area contributed by atoms with Gasteiger partial charge in [0.15, 0.2) is 0 Å². The minimum Gasteiger partial charge on any atom is -0.475 e. The van der Waals surface area contributed by atoms with E-state index in [0.717, 1.165) is 37.4 Å². The second kappa shape index (κ2) is 8.92. The summed E-state index contributed by atoms with van der Waals surface area (Å²) in [5.74, 6) is -3.50. The molecular weight excluding hydrogens is 421 g/mol. The van der Waals surface area contributed by atoms with E-state index in [1.807, 2.05) is 12.1 Å². The minimum absolute atomic E-state index is 0.119. The van der Waals surface area contributed by atoms with Gasteiger partial charge in [-0.15, -0.1) is 0 Å². The van der Waals surface area contributed by atoms with Crippen molar-refractivity contribution in [2.75, 3.05) is 31.1 Å². The number of hydrogen-bond acceptors (Lipinski definition) is 6. The highest BCUT2D eigenvalue weighted by Crippen LogP contribution is 2.30. The highest BCUT2D eigenvalue weighted by molar-refractivity contribution is 6.05. The Hall–Kier alpha value is -3.15. The molecule has 2 saturated heterocycles. The Morgan fingerprint density at radius 2 is 1.77 bits per heavy atom. The molecule has 9 nitrogen and oxygen atoms in total. The number of carbonyl (C=O) groups is 4. The molecular formula is C19H21F3N4O5. The summed E-state index contributed by atoms with van der Waals surface area (Å²) in [6.07, 6.45) is -4.41. The first kappa shape index (κ1) is 22.5. The topological polar surface area (TPSA) is 119 Å². The SMILES string of the molecule is O=C(O)C(F)(F)F.O=C1CCC(N2Cc3cc(N4CCNCC4)ccc3C2=O)C(=O)N1. The highest BCUT2D eigenvalue weighted by Gasteiger charge is 2.39. The van der Waals surface area contributed by atoms with Gasteiger partial charge in [-0.3, -0.25) is 19.7 Å². The molecule has 3 N–H and O–H groups in total. The molecule has 1 aromatic rings. The van der Waals surface area contributed by atoms with Crippen molar-refractivity contribution < 1.29 is 37.5 Å². The van der Waals surface area contributed by atoms with Crippen LogP contribution < -0.4 is 15.5 Å². The lowest BCUT2D eigenvalue weighted by Crippen LogP contribution is -2.52. The van der Waals surface area contributed by atoms with E-state index >= 15 is 0 Å². The quantitative estimate of drug-likeness (QED) is 0.571. The first-order valence-corrected chi connectivity index (χ1v) is 9.61. The predicted octanol–water partition coefficient (Wildman–Crippen LogP) is 0.490. The average molecular weight is 442 g/mol. The lowest BCUT2D eigenvalue weighted by molar-refractivity contribution is -0.192. The summed E-state index contributed by atoms with van der Waals surface area (Å²) in [5, 5.41) is 12.8. The van der Waals surface area contributed by atoms with Gasteiger partial charge < -0.3 is 20.2 Å². The number of carboxylic acid groups (broad SMARTS) is 1. The number of halogens is 3. The molecule has 3 aliphatic rings. The Morgan fingerprint density at radius 3 is 2.35 bits per heavy atom. The molecule has 1 unspecified atom stereocenters. The molecule has 168 valence electrons. The van der Waals surface area contributed by atoms with Crippen molar-refractivity contribution in [3.8, 4) is 0 Å². The summed E-state index contributed by atoms with van der Waals surface area (Å²) in [6.45, 7) is 4.24. The molecule has 0 radical (unpaired) electrons. The third kappa shape index (κ3) is 5.13. The molecule has 0 aromatic heterocycles. The van der Waals surface area contributed by atoms with Gasteiger partial charge in [0.25, 0.3) is 5.91 Å². The van der Waals surface area contributed by atoms with Crippen molar-refractivity contribution >= 4 is 29.4 Å². The highest BCUT2D eigenvalue weighted by atomic mass is 19.4. The number of benzene rings is 1. The average Bonchev–Trinajstić information content (AvgIpc) is 3.04. The van der Waals surface area contributed by atoms with E-state index in [1.165, 1.54) is 0 Å². The summed E-state index contributed by atoms with van der Waals surface area (Å²) in [6, 6.07) is 5.35. The Kier molecular flexibility index (Phi) is 6.48. The fourth-order valence-electron chi connectivity index (χ4n) is 3.68. The largest absolute Gasteiger partial charge is 0.490 e. The van der Waals surface area contributed by atoms with Crippen LogP contribution in [0.5, 0.6) is 0 Å². The lowest BCUT2D eigenvalue weighted by Gasteiger charge is -2.30. The normalized spacial score (nSPS) is 21.3. The first-order chi connectivity index (χ1) is 14.6. The molecule has 0 saturated carbocycles. The molecule has 3 aliphatic heterocycles. The summed E-state index contributed by atoms with van der Waals surface area (Å²) in [7, 11) is 0. The number of piperidine rings is 1. The van der Waals surface area contributed by atoms with Crippen molar-refractivity contribution in [3.05, 3.63) is 29.3 Å². The Morgan fingerprint density at radius 1 is 1.13 bits per heavy atom. The number of anilines is 1. The lowest BCUT2D eigenvalue weighted by atomic mass is 10.0. The molecule has 3 amide bonds. The van der Waals surface area contributed by atoms with Crippen LogP contribution in [0.3, 0.4) is 0 Å². The van der Waals surface area contributed by atoms with Gasteiger partial charge >= 0.3 is 12.1 Å². The molecule has 0 aliphatic carbocycles. The molecule has 0 bridgehead atoms. The van der Waals surface area contributed by atoms with Crippen LogP contribution in [-0.2, 0) is 20.9 Å². The van der Waals surface area contributed by atoms with Crippen LogP contribution in [0.25, 0.3) is 0 Å². The fraction of sp³-hybridized carbons (Fsp3) is 0.474. The number of aliphatic carboxylic acids is 1. The van der Waals surface area contributed by atoms with E-state index < -0.39 is 18.2 Å². The second-order valence-electron chi connectivity index (χ2n) is 7.28. The van der Waals surface area contributed by atoms with Gasteiger partial charge in [-0.2, -0.15) is 13.2 Å². The minimum atomic E-state index is -5.08. The van der Waals surface area contributed by atoms with Crippen LogP contribution in [0.2, 0.25) is 0 Å². The summed E-state index contributed by atoms with van der Waals surface area (Å²) in [5.41, 5.74) is 2.74. The van der Waals surface area contributed by atoms with E-state index in [2.05, 4.69) is 21.6 Å². The zero-order valence-corrected chi connectivity index (χ0v) is 16.4. The van der Waals surface area contributed by atoms with Crippen molar-refractivity contribution in [2.45, 2.75) is 31.6 Å². The number of imide groups is 1. The number of carboxylic acids is 1. The first-order valence-electron chi connectivity index (χ1n) is 9.61. The number of nitrogens with zero attached hydrogens (tertiary/aromatic N) is 2. The van der Waals surface area contributed by atoms with Gasteiger partial charge in [0.1, 0.15) is 6.04 Å². The van der Waals surface area contributed by atoms with Gasteiger partial charge in [-0.05, 0) is 30.2 Å². The van der Waals surface area contributed by atoms with Gasteiger partial charge in [0.2, 0.25) is 11.8 Å². The van der Waals surface area contributed by atoms with Crippen LogP contribution >= 0.6 is 0 Å². The number of nitrogens with one attached hydrogen (secondary N) is 2. The van der Waals surface area contributed by atoms with Crippen LogP contribution in [0.1, 0.15) is 28.8 Å². The van der Waals surface area contributed by atoms with Gasteiger partial charge in [0, 0.05) is 50.4 Å². The Labute approximate surface area is 175 Å². The summed E-state index contributed by atoms with van der Waals surface area (Å²) < 4.78 is 31.7.